The third-order valence-electron chi connectivity index (χ3n) is 1.52. The zero-order chi connectivity index (χ0) is 6.69. The molecule has 0 aromatic rings. The van der Waals surface area contributed by atoms with Crippen molar-refractivity contribution < 1.29 is 50.7 Å². The van der Waals surface area contributed by atoms with Gasteiger partial charge < -0.3 is 24.8 Å². The Hall–Kier alpha value is 0.930. The second kappa shape index (κ2) is 10.0. The summed E-state index contributed by atoms with van der Waals surface area (Å²) in [6, 6.07) is 0. The molecule has 0 aliphatic heterocycles. The van der Waals surface area contributed by atoms with Gasteiger partial charge >= 0.3 is 0 Å². The van der Waals surface area contributed by atoms with E-state index in [2.05, 4.69) is 32.1 Å². The smallest absolute Gasteiger partial charge is 0 e. The van der Waals surface area contributed by atoms with Crippen LogP contribution in [-0.4, -0.2) is 0 Å². The predicted molar refractivity (Wildman–Crippen MR) is 41.3 cm³/mol. The Morgan fingerprint density at radius 3 is 2.25 bits per heavy atom. The first-order valence-corrected chi connectivity index (χ1v) is 3.63. The largest absolute Gasteiger partial charge is 1.00 e. The molecule has 0 atom stereocenters. The molecule has 70 valence electrons. The third kappa shape index (κ3) is 7.57. The van der Waals surface area contributed by atoms with E-state index in [9.17, 15) is 0 Å². The summed E-state index contributed by atoms with van der Waals surface area (Å²) >= 11 is 0. The molecule has 0 N–H and O–H groups in total. The molecular formula is C9H14Cl2Hf-2. The van der Waals surface area contributed by atoms with Crippen LogP contribution in [0.4, 0.5) is 0 Å². The summed E-state index contributed by atoms with van der Waals surface area (Å²) in [5.74, 6) is 0.816. The molecule has 0 fully saturated rings. The minimum absolute atomic E-state index is 0. The van der Waals surface area contributed by atoms with Crippen LogP contribution in [0.5, 0.6) is 0 Å². The SMILES string of the molecule is CC(C)CC1=CC=CC1.[Cl-].[Cl-].[Hf]. The van der Waals surface area contributed by atoms with E-state index in [0.29, 0.717) is 0 Å². The zero-order valence-electron chi connectivity index (χ0n) is 7.48. The van der Waals surface area contributed by atoms with Crippen molar-refractivity contribution in [3.05, 3.63) is 23.8 Å². The van der Waals surface area contributed by atoms with Crippen LogP contribution < -0.4 is 24.8 Å². The van der Waals surface area contributed by atoms with Crippen LogP contribution in [0.2, 0.25) is 0 Å². The van der Waals surface area contributed by atoms with Crippen molar-refractivity contribution in [2.45, 2.75) is 26.7 Å². The summed E-state index contributed by atoms with van der Waals surface area (Å²) in [6.07, 6.45) is 9.07. The van der Waals surface area contributed by atoms with Gasteiger partial charge in [-0.25, -0.2) is 0 Å². The maximum absolute atomic E-state index is 2.26. The fourth-order valence-electron chi connectivity index (χ4n) is 1.17. The summed E-state index contributed by atoms with van der Waals surface area (Å²) in [7, 11) is 0. The number of allylic oxidation sites excluding steroid dienone is 4. The average Bonchev–Trinajstić information content (AvgIpc) is 2.15. The first kappa shape index (κ1) is 18.7. The Labute approximate surface area is 106 Å². The average molecular weight is 372 g/mol. The molecule has 12 heavy (non-hydrogen) atoms. The normalized spacial score (nSPS) is 12.8. The minimum Gasteiger partial charge on any atom is -1.00 e. The van der Waals surface area contributed by atoms with E-state index in [4.69, 9.17) is 0 Å². The van der Waals surface area contributed by atoms with Crippen molar-refractivity contribution in [3.63, 3.8) is 0 Å². The molecule has 0 aromatic carbocycles. The van der Waals surface area contributed by atoms with Crippen LogP contribution in [0, 0.1) is 5.92 Å². The van der Waals surface area contributed by atoms with Crippen molar-refractivity contribution in [1.29, 1.82) is 0 Å². The van der Waals surface area contributed by atoms with Crippen molar-refractivity contribution in [1.82, 2.24) is 0 Å². The van der Waals surface area contributed by atoms with Gasteiger partial charge in [-0.2, -0.15) is 0 Å². The van der Waals surface area contributed by atoms with Crippen molar-refractivity contribution in [2.24, 2.45) is 5.92 Å². The van der Waals surface area contributed by atoms with E-state index in [1.54, 1.807) is 5.57 Å². The summed E-state index contributed by atoms with van der Waals surface area (Å²) in [4.78, 5) is 0. The maximum atomic E-state index is 2.26. The summed E-state index contributed by atoms with van der Waals surface area (Å²) in [5, 5.41) is 0. The second-order valence-corrected chi connectivity index (χ2v) is 3.06. The van der Waals surface area contributed by atoms with Crippen molar-refractivity contribution in [3.8, 4) is 0 Å². The van der Waals surface area contributed by atoms with Crippen molar-refractivity contribution in [2.75, 3.05) is 0 Å². The van der Waals surface area contributed by atoms with Crippen LogP contribution in [0.25, 0.3) is 0 Å². The van der Waals surface area contributed by atoms with Gasteiger partial charge in [-0.3, -0.25) is 0 Å². The quantitative estimate of drug-likeness (QED) is 0.452. The molecule has 1 aliphatic rings. The molecule has 1 rings (SSSR count). The second-order valence-electron chi connectivity index (χ2n) is 3.06. The number of hydrogen-bond donors (Lipinski definition) is 0. The minimum atomic E-state index is 0. The van der Waals surface area contributed by atoms with Gasteiger partial charge in [0.2, 0.25) is 0 Å². The molecular weight excluding hydrogens is 357 g/mol. The zero-order valence-corrected chi connectivity index (χ0v) is 12.6. The molecule has 0 saturated heterocycles. The van der Waals surface area contributed by atoms with Crippen LogP contribution in [0.1, 0.15) is 26.7 Å². The Bertz CT molecular complexity index is 151. The van der Waals surface area contributed by atoms with Gasteiger partial charge in [-0.05, 0) is 18.8 Å². The Kier molecular flexibility index (Phi) is 15.6. The van der Waals surface area contributed by atoms with Crippen LogP contribution >= 0.6 is 0 Å². The number of rotatable bonds is 2. The Morgan fingerprint density at radius 1 is 1.33 bits per heavy atom. The molecule has 0 amide bonds. The van der Waals surface area contributed by atoms with Gasteiger partial charge in [0, 0.05) is 25.8 Å². The molecule has 0 saturated carbocycles. The van der Waals surface area contributed by atoms with Crippen molar-refractivity contribution >= 4 is 0 Å². The van der Waals surface area contributed by atoms with Gasteiger partial charge in [0.1, 0.15) is 0 Å². The van der Waals surface area contributed by atoms with Crippen LogP contribution in [0.3, 0.4) is 0 Å². The number of hydrogen-bond acceptors (Lipinski definition) is 0. The topological polar surface area (TPSA) is 0 Å². The first-order chi connectivity index (χ1) is 4.29. The molecule has 0 spiro atoms. The molecule has 1 aliphatic carbocycles. The van der Waals surface area contributed by atoms with Gasteiger partial charge in [0.25, 0.3) is 0 Å². The van der Waals surface area contributed by atoms with E-state index in [-0.39, 0.29) is 50.7 Å². The van der Waals surface area contributed by atoms with Gasteiger partial charge in [-0.15, -0.1) is 0 Å². The molecule has 0 nitrogen and oxygen atoms in total. The third-order valence-corrected chi connectivity index (χ3v) is 1.52. The maximum Gasteiger partial charge on any atom is 0 e. The van der Waals surface area contributed by atoms with Gasteiger partial charge in [-0.1, -0.05) is 37.6 Å². The summed E-state index contributed by atoms with van der Waals surface area (Å²) in [6.45, 7) is 4.53. The standard InChI is InChI=1S/C9H14.2ClH.Hf/c1-8(2)7-9-5-3-4-6-9;;;/h3-5,8H,6-7H2,1-2H3;2*1H;/p-2. The van der Waals surface area contributed by atoms with E-state index in [1.807, 2.05) is 0 Å². The van der Waals surface area contributed by atoms with E-state index in [0.717, 1.165) is 5.92 Å². The van der Waals surface area contributed by atoms with Gasteiger partial charge in [0.15, 0.2) is 0 Å². The molecule has 0 unspecified atom stereocenters. The summed E-state index contributed by atoms with van der Waals surface area (Å²) < 4.78 is 0. The number of halogens is 2. The van der Waals surface area contributed by atoms with E-state index < -0.39 is 0 Å². The fraction of sp³-hybridized carbons (Fsp3) is 0.556. The summed E-state index contributed by atoms with van der Waals surface area (Å²) in [5.41, 5.74) is 1.59. The molecule has 0 aromatic heterocycles. The predicted octanol–water partition coefficient (Wildman–Crippen LogP) is -3.08. The molecule has 3 heteroatoms. The van der Waals surface area contributed by atoms with Gasteiger partial charge in [0.05, 0.1) is 0 Å². The van der Waals surface area contributed by atoms with E-state index >= 15 is 0 Å². The van der Waals surface area contributed by atoms with E-state index in [1.165, 1.54) is 12.8 Å². The Morgan fingerprint density at radius 2 is 1.92 bits per heavy atom. The Balaban J connectivity index is -0.000000270. The molecule has 0 bridgehead atoms. The monoisotopic (exact) mass is 372 g/mol. The van der Waals surface area contributed by atoms with Crippen LogP contribution in [-0.2, 0) is 25.8 Å². The molecule has 0 radical (unpaired) electrons. The van der Waals surface area contributed by atoms with Crippen LogP contribution in [0.15, 0.2) is 23.8 Å². The molecule has 0 heterocycles. The fourth-order valence-corrected chi connectivity index (χ4v) is 1.17. The first-order valence-electron chi connectivity index (χ1n) is 3.63.